The molecule has 4 nitrogen and oxygen atoms in total. The van der Waals surface area contributed by atoms with Crippen molar-refractivity contribution in [1.29, 1.82) is 0 Å². The fourth-order valence-electron chi connectivity index (χ4n) is 2.68. The zero-order valence-corrected chi connectivity index (χ0v) is 11.8. The van der Waals surface area contributed by atoms with E-state index in [0.717, 1.165) is 31.2 Å². The molecule has 1 unspecified atom stereocenters. The molecular weight excluding hydrogens is 226 g/mol. The molecule has 1 saturated heterocycles. The summed E-state index contributed by atoms with van der Waals surface area (Å²) in [4.78, 5) is 7.00. The van der Waals surface area contributed by atoms with Crippen molar-refractivity contribution in [3.8, 4) is 0 Å². The van der Waals surface area contributed by atoms with Gasteiger partial charge in [-0.2, -0.15) is 0 Å². The molecule has 1 aliphatic rings. The highest BCUT2D eigenvalue weighted by atomic mass is 16.4. The Morgan fingerprint density at radius 3 is 3.06 bits per heavy atom. The average molecular weight is 251 g/mol. The predicted molar refractivity (Wildman–Crippen MR) is 72.6 cm³/mol. The lowest BCUT2D eigenvalue weighted by atomic mass is 10.0. The van der Waals surface area contributed by atoms with Crippen LogP contribution in [0.4, 0.5) is 0 Å². The van der Waals surface area contributed by atoms with Crippen molar-refractivity contribution in [1.82, 2.24) is 15.2 Å². The molecule has 18 heavy (non-hydrogen) atoms. The highest BCUT2D eigenvalue weighted by molar-refractivity contribution is 5.01. The molecule has 0 saturated carbocycles. The van der Waals surface area contributed by atoms with Gasteiger partial charge in [-0.25, -0.2) is 4.98 Å². The first-order valence-corrected chi connectivity index (χ1v) is 7.07. The van der Waals surface area contributed by atoms with Gasteiger partial charge in [0.05, 0.1) is 12.2 Å². The van der Waals surface area contributed by atoms with E-state index in [-0.39, 0.29) is 0 Å². The summed E-state index contributed by atoms with van der Waals surface area (Å²) in [6.07, 6.45) is 6.55. The lowest BCUT2D eigenvalue weighted by Crippen LogP contribution is -2.38. The van der Waals surface area contributed by atoms with E-state index in [1.54, 1.807) is 0 Å². The first-order chi connectivity index (χ1) is 8.72. The Morgan fingerprint density at radius 2 is 2.33 bits per heavy atom. The van der Waals surface area contributed by atoms with Crippen molar-refractivity contribution in [2.24, 2.45) is 0 Å². The van der Waals surface area contributed by atoms with E-state index in [0.29, 0.717) is 12.1 Å². The quantitative estimate of drug-likeness (QED) is 0.872. The van der Waals surface area contributed by atoms with Crippen molar-refractivity contribution in [2.45, 2.75) is 51.6 Å². The third-order valence-electron chi connectivity index (χ3n) is 3.69. The van der Waals surface area contributed by atoms with Crippen molar-refractivity contribution < 1.29 is 4.42 Å². The molecule has 0 bridgehead atoms. The molecule has 0 amide bonds. The Kier molecular flexibility index (Phi) is 4.78. The van der Waals surface area contributed by atoms with Crippen LogP contribution in [0.2, 0.25) is 0 Å². The molecule has 0 spiro atoms. The third kappa shape index (κ3) is 3.12. The number of likely N-dealkylation sites (N-methyl/N-ethyl adjacent to an activating group) is 1. The van der Waals surface area contributed by atoms with Crippen LogP contribution in [0.3, 0.4) is 0 Å². The normalized spacial score (nSPS) is 21.7. The van der Waals surface area contributed by atoms with Crippen molar-refractivity contribution in [3.63, 3.8) is 0 Å². The first kappa shape index (κ1) is 13.6. The minimum absolute atomic E-state index is 0.377. The van der Waals surface area contributed by atoms with Crippen LogP contribution < -0.4 is 5.32 Å². The Balaban J connectivity index is 2.06. The van der Waals surface area contributed by atoms with Gasteiger partial charge in [-0.1, -0.05) is 6.42 Å². The fourth-order valence-corrected chi connectivity index (χ4v) is 2.68. The summed E-state index contributed by atoms with van der Waals surface area (Å²) in [5.74, 6) is 1.91. The highest BCUT2D eigenvalue weighted by Gasteiger charge is 2.29. The molecule has 1 atom stereocenters. The van der Waals surface area contributed by atoms with Gasteiger partial charge in [-0.3, -0.25) is 4.90 Å². The summed E-state index contributed by atoms with van der Waals surface area (Å²) in [6.45, 7) is 6.61. The SMILES string of the molecule is CNCCc1cnc(C2CCCCN2C(C)C)o1. The second kappa shape index (κ2) is 6.34. The van der Waals surface area contributed by atoms with E-state index in [1.807, 2.05) is 13.2 Å². The number of nitrogens with one attached hydrogen (secondary N) is 1. The van der Waals surface area contributed by atoms with Crippen LogP contribution in [0, 0.1) is 0 Å². The van der Waals surface area contributed by atoms with Gasteiger partial charge < -0.3 is 9.73 Å². The van der Waals surface area contributed by atoms with Crippen LogP contribution in [0.1, 0.15) is 50.8 Å². The first-order valence-electron chi connectivity index (χ1n) is 7.07. The van der Waals surface area contributed by atoms with Crippen LogP contribution in [-0.2, 0) is 6.42 Å². The smallest absolute Gasteiger partial charge is 0.211 e. The molecule has 1 aliphatic heterocycles. The van der Waals surface area contributed by atoms with Gasteiger partial charge in [-0.05, 0) is 40.3 Å². The summed E-state index contributed by atoms with van der Waals surface area (Å²) in [5.41, 5.74) is 0. The number of piperidine rings is 1. The molecule has 1 fully saturated rings. The second-order valence-corrected chi connectivity index (χ2v) is 5.36. The topological polar surface area (TPSA) is 41.3 Å². The molecule has 4 heteroatoms. The molecule has 102 valence electrons. The molecular formula is C14H25N3O. The van der Waals surface area contributed by atoms with Crippen LogP contribution in [0.5, 0.6) is 0 Å². The van der Waals surface area contributed by atoms with Gasteiger partial charge in [0, 0.05) is 19.0 Å². The Hall–Kier alpha value is -0.870. The molecule has 0 aromatic carbocycles. The van der Waals surface area contributed by atoms with Crippen molar-refractivity contribution in [2.75, 3.05) is 20.1 Å². The second-order valence-electron chi connectivity index (χ2n) is 5.36. The summed E-state index contributed by atoms with van der Waals surface area (Å²) < 4.78 is 5.91. The molecule has 2 heterocycles. The van der Waals surface area contributed by atoms with Crippen LogP contribution in [0.15, 0.2) is 10.6 Å². The standard InChI is InChI=1S/C14H25N3O/c1-11(2)17-9-5-4-6-13(17)14-16-10-12(18-14)7-8-15-3/h10-11,13,15H,4-9H2,1-3H3. The largest absolute Gasteiger partial charge is 0.444 e. The van der Waals surface area contributed by atoms with Gasteiger partial charge in [-0.15, -0.1) is 0 Å². The monoisotopic (exact) mass is 251 g/mol. The molecule has 0 aliphatic carbocycles. The number of oxazole rings is 1. The fraction of sp³-hybridized carbons (Fsp3) is 0.786. The number of hydrogen-bond acceptors (Lipinski definition) is 4. The number of nitrogens with zero attached hydrogens (tertiary/aromatic N) is 2. The average Bonchev–Trinajstić information content (AvgIpc) is 2.85. The maximum Gasteiger partial charge on any atom is 0.211 e. The Bertz CT molecular complexity index is 362. The van der Waals surface area contributed by atoms with Gasteiger partial charge in [0.15, 0.2) is 0 Å². The summed E-state index contributed by atoms with van der Waals surface area (Å²) in [6, 6.07) is 0.935. The van der Waals surface area contributed by atoms with Crippen molar-refractivity contribution >= 4 is 0 Å². The van der Waals surface area contributed by atoms with Gasteiger partial charge in [0.1, 0.15) is 5.76 Å². The molecule has 0 radical (unpaired) electrons. The van der Waals surface area contributed by atoms with Gasteiger partial charge in [0.25, 0.3) is 0 Å². The van der Waals surface area contributed by atoms with E-state index in [9.17, 15) is 0 Å². The molecule has 2 rings (SSSR count). The number of hydrogen-bond donors (Lipinski definition) is 1. The van der Waals surface area contributed by atoms with Crippen LogP contribution >= 0.6 is 0 Å². The van der Waals surface area contributed by atoms with Crippen LogP contribution in [0.25, 0.3) is 0 Å². The van der Waals surface area contributed by atoms with Gasteiger partial charge >= 0.3 is 0 Å². The molecule has 1 aromatic heterocycles. The summed E-state index contributed by atoms with van der Waals surface area (Å²) in [7, 11) is 1.96. The molecule has 1 N–H and O–H groups in total. The zero-order chi connectivity index (χ0) is 13.0. The number of likely N-dealkylation sites (tertiary alicyclic amines) is 1. The lowest BCUT2D eigenvalue weighted by molar-refractivity contribution is 0.0915. The van der Waals surface area contributed by atoms with E-state index >= 15 is 0 Å². The Labute approximate surface area is 110 Å². The highest BCUT2D eigenvalue weighted by Crippen LogP contribution is 2.31. The maximum absolute atomic E-state index is 5.91. The lowest BCUT2D eigenvalue weighted by Gasteiger charge is -2.36. The molecule has 1 aromatic rings. The van der Waals surface area contributed by atoms with Crippen molar-refractivity contribution in [3.05, 3.63) is 17.8 Å². The number of aromatic nitrogens is 1. The summed E-state index contributed by atoms with van der Waals surface area (Å²) in [5, 5.41) is 3.13. The predicted octanol–water partition coefficient (Wildman–Crippen LogP) is 2.37. The van der Waals surface area contributed by atoms with Gasteiger partial charge in [0.2, 0.25) is 5.89 Å². The maximum atomic E-state index is 5.91. The minimum atomic E-state index is 0.377. The van der Waals surface area contributed by atoms with E-state index in [2.05, 4.69) is 29.0 Å². The van der Waals surface area contributed by atoms with E-state index < -0.39 is 0 Å². The third-order valence-corrected chi connectivity index (χ3v) is 3.69. The minimum Gasteiger partial charge on any atom is -0.444 e. The Morgan fingerprint density at radius 1 is 1.50 bits per heavy atom. The van der Waals surface area contributed by atoms with Crippen LogP contribution in [-0.4, -0.2) is 36.1 Å². The summed E-state index contributed by atoms with van der Waals surface area (Å²) >= 11 is 0. The van der Waals surface area contributed by atoms with E-state index in [1.165, 1.54) is 19.3 Å². The zero-order valence-electron chi connectivity index (χ0n) is 11.8. The van der Waals surface area contributed by atoms with E-state index in [4.69, 9.17) is 4.42 Å². The number of rotatable bonds is 5.